The molecule has 0 aliphatic carbocycles. The SMILES string of the molecule is C=CCC(F)(F)C(F)C(F)(F)N1CC(C(F)(F)F)CC(C(F)(F)F)C1. The Bertz CT molecular complexity index is 446. The van der Waals surface area contributed by atoms with Crippen LogP contribution in [-0.4, -0.2) is 48.5 Å². The zero-order valence-electron chi connectivity index (χ0n) is 12.4. The molecule has 12 heteroatoms. The zero-order chi connectivity index (χ0) is 19.8. The van der Waals surface area contributed by atoms with Crippen molar-refractivity contribution in [3.63, 3.8) is 0 Å². The quantitative estimate of drug-likeness (QED) is 0.353. The molecule has 1 aliphatic heterocycles. The second-order valence-electron chi connectivity index (χ2n) is 5.82. The number of halogens is 11. The molecule has 1 fully saturated rings. The fraction of sp³-hybridized carbons (Fsp3) is 0.846. The summed E-state index contributed by atoms with van der Waals surface area (Å²) in [6, 6.07) is -5.22. The standard InChI is InChI=1S/C13H14F11N/c1-2-3-10(15,16)9(14)13(23,24)25-5-7(11(17,18)19)4-8(6-25)12(20,21)22/h2,7-9H,1,3-6H2. The largest absolute Gasteiger partial charge is 0.393 e. The number of nitrogens with zero attached hydrogens (tertiary/aromatic N) is 1. The van der Waals surface area contributed by atoms with Crippen LogP contribution < -0.4 is 0 Å². The monoisotopic (exact) mass is 393 g/mol. The number of piperidine rings is 1. The van der Waals surface area contributed by atoms with Gasteiger partial charge < -0.3 is 0 Å². The molecule has 3 unspecified atom stereocenters. The highest BCUT2D eigenvalue weighted by Crippen LogP contribution is 2.46. The van der Waals surface area contributed by atoms with Gasteiger partial charge in [0.1, 0.15) is 0 Å². The Kier molecular flexibility index (Phi) is 6.08. The summed E-state index contributed by atoms with van der Waals surface area (Å²) in [5.74, 6) is -10.4. The Morgan fingerprint density at radius 2 is 1.28 bits per heavy atom. The van der Waals surface area contributed by atoms with Gasteiger partial charge >= 0.3 is 18.4 Å². The molecule has 1 saturated heterocycles. The van der Waals surface area contributed by atoms with E-state index in [9.17, 15) is 48.3 Å². The van der Waals surface area contributed by atoms with Crippen LogP contribution in [0.3, 0.4) is 0 Å². The molecule has 0 radical (unpaired) electrons. The lowest BCUT2D eigenvalue weighted by molar-refractivity contribution is -0.291. The van der Waals surface area contributed by atoms with Crippen LogP contribution in [0.1, 0.15) is 12.8 Å². The zero-order valence-corrected chi connectivity index (χ0v) is 12.4. The fourth-order valence-electron chi connectivity index (χ4n) is 2.53. The van der Waals surface area contributed by atoms with Crippen LogP contribution in [0.25, 0.3) is 0 Å². The predicted octanol–water partition coefficient (Wildman–Crippen LogP) is 5.19. The second kappa shape index (κ2) is 6.92. The van der Waals surface area contributed by atoms with E-state index in [0.29, 0.717) is 6.08 Å². The lowest BCUT2D eigenvalue weighted by atomic mass is 9.87. The van der Waals surface area contributed by atoms with Crippen LogP contribution in [0.5, 0.6) is 0 Å². The van der Waals surface area contributed by atoms with E-state index in [1.807, 2.05) is 0 Å². The third-order valence-electron chi connectivity index (χ3n) is 3.89. The number of hydrogen-bond acceptors (Lipinski definition) is 1. The molecule has 3 atom stereocenters. The summed E-state index contributed by atoms with van der Waals surface area (Å²) in [7, 11) is 0. The van der Waals surface area contributed by atoms with Crippen molar-refractivity contribution in [2.45, 2.75) is 43.3 Å². The summed E-state index contributed by atoms with van der Waals surface area (Å²) in [5.41, 5.74) is 0. The molecule has 0 bridgehead atoms. The van der Waals surface area contributed by atoms with Crippen LogP contribution >= 0.6 is 0 Å². The molecule has 0 aromatic rings. The van der Waals surface area contributed by atoms with Gasteiger partial charge in [0.25, 0.3) is 5.92 Å². The lowest BCUT2D eigenvalue weighted by Crippen LogP contribution is -2.61. The van der Waals surface area contributed by atoms with Crippen molar-refractivity contribution in [3.8, 4) is 0 Å². The smallest absolute Gasteiger partial charge is 0.241 e. The minimum absolute atomic E-state index is 0.413. The van der Waals surface area contributed by atoms with E-state index in [0.717, 1.165) is 0 Å². The van der Waals surface area contributed by atoms with E-state index in [4.69, 9.17) is 0 Å². The van der Waals surface area contributed by atoms with Crippen molar-refractivity contribution in [1.29, 1.82) is 0 Å². The third-order valence-corrected chi connectivity index (χ3v) is 3.89. The molecular formula is C13H14F11N. The topological polar surface area (TPSA) is 3.24 Å². The summed E-state index contributed by atoms with van der Waals surface area (Å²) in [6.07, 6.45) is -17.5. The van der Waals surface area contributed by atoms with Crippen LogP contribution in [0.4, 0.5) is 48.3 Å². The first-order valence-electron chi connectivity index (χ1n) is 6.92. The van der Waals surface area contributed by atoms with E-state index >= 15 is 0 Å². The van der Waals surface area contributed by atoms with Gasteiger partial charge in [-0.3, -0.25) is 0 Å². The number of hydrogen-bond donors (Lipinski definition) is 0. The Hall–Kier alpha value is -1.07. The molecule has 1 rings (SSSR count). The molecule has 1 heterocycles. The first-order chi connectivity index (χ1) is 11.0. The molecule has 0 amide bonds. The van der Waals surface area contributed by atoms with E-state index in [2.05, 4.69) is 6.58 Å². The molecule has 0 spiro atoms. The van der Waals surface area contributed by atoms with Crippen molar-refractivity contribution >= 4 is 0 Å². The van der Waals surface area contributed by atoms with Crippen molar-refractivity contribution in [2.24, 2.45) is 11.8 Å². The Morgan fingerprint density at radius 3 is 1.60 bits per heavy atom. The van der Waals surface area contributed by atoms with Gasteiger partial charge in [-0.15, -0.1) is 6.58 Å². The number of allylic oxidation sites excluding steroid dienone is 1. The Morgan fingerprint density at radius 1 is 0.880 bits per heavy atom. The number of likely N-dealkylation sites (tertiary alicyclic amines) is 1. The van der Waals surface area contributed by atoms with Crippen molar-refractivity contribution < 1.29 is 48.3 Å². The Labute approximate surface area is 135 Å². The van der Waals surface area contributed by atoms with Gasteiger partial charge in [-0.25, -0.2) is 18.1 Å². The molecule has 0 aromatic heterocycles. The molecule has 1 nitrogen and oxygen atoms in total. The Balaban J connectivity index is 3.16. The van der Waals surface area contributed by atoms with Crippen molar-refractivity contribution in [1.82, 2.24) is 4.90 Å². The molecule has 148 valence electrons. The minimum Gasteiger partial charge on any atom is -0.241 e. The fourth-order valence-corrected chi connectivity index (χ4v) is 2.53. The van der Waals surface area contributed by atoms with E-state index < -0.39 is 73.2 Å². The maximum absolute atomic E-state index is 13.9. The summed E-state index contributed by atoms with van der Waals surface area (Å²) in [5, 5.41) is 0. The van der Waals surface area contributed by atoms with Gasteiger partial charge in [0.15, 0.2) is 0 Å². The van der Waals surface area contributed by atoms with Crippen molar-refractivity contribution in [2.75, 3.05) is 13.1 Å². The van der Waals surface area contributed by atoms with E-state index in [-0.39, 0.29) is 0 Å². The van der Waals surface area contributed by atoms with E-state index in [1.165, 1.54) is 0 Å². The van der Waals surface area contributed by atoms with E-state index in [1.54, 1.807) is 0 Å². The first-order valence-corrected chi connectivity index (χ1v) is 6.92. The molecule has 0 saturated carbocycles. The second-order valence-corrected chi connectivity index (χ2v) is 5.82. The summed E-state index contributed by atoms with van der Waals surface area (Å²) < 4.78 is 145. The highest BCUT2D eigenvalue weighted by atomic mass is 19.4. The maximum Gasteiger partial charge on any atom is 0.393 e. The van der Waals surface area contributed by atoms with Gasteiger partial charge in [-0.05, 0) is 6.42 Å². The van der Waals surface area contributed by atoms with Crippen LogP contribution in [0.15, 0.2) is 12.7 Å². The highest BCUT2D eigenvalue weighted by molar-refractivity contribution is 4.96. The average molecular weight is 393 g/mol. The van der Waals surface area contributed by atoms with Crippen molar-refractivity contribution in [3.05, 3.63) is 12.7 Å². The number of rotatable bonds is 5. The summed E-state index contributed by atoms with van der Waals surface area (Å²) >= 11 is 0. The minimum atomic E-state index is -5.27. The van der Waals surface area contributed by atoms with Crippen LogP contribution in [0, 0.1) is 11.8 Å². The summed E-state index contributed by atoms with van der Waals surface area (Å²) in [6.45, 7) is -0.620. The molecular weight excluding hydrogens is 379 g/mol. The van der Waals surface area contributed by atoms with Crippen LogP contribution in [-0.2, 0) is 0 Å². The number of alkyl halides is 11. The lowest BCUT2D eigenvalue weighted by Gasteiger charge is -2.43. The highest BCUT2D eigenvalue weighted by Gasteiger charge is 2.62. The maximum atomic E-state index is 13.9. The average Bonchev–Trinajstić information content (AvgIpc) is 2.44. The third kappa shape index (κ3) is 4.98. The molecule has 25 heavy (non-hydrogen) atoms. The predicted molar refractivity (Wildman–Crippen MR) is 64.9 cm³/mol. The molecule has 0 aromatic carbocycles. The normalized spacial score (nSPS) is 25.7. The van der Waals surface area contributed by atoms with Gasteiger partial charge in [0.2, 0.25) is 6.17 Å². The van der Waals surface area contributed by atoms with Gasteiger partial charge in [0.05, 0.1) is 11.8 Å². The first kappa shape index (κ1) is 22.0. The van der Waals surface area contributed by atoms with Gasteiger partial charge in [-0.1, -0.05) is 6.08 Å². The molecule has 1 aliphatic rings. The van der Waals surface area contributed by atoms with Crippen LogP contribution in [0.2, 0.25) is 0 Å². The van der Waals surface area contributed by atoms with Gasteiger partial charge in [-0.2, -0.15) is 35.1 Å². The molecule has 0 N–H and O–H groups in total. The van der Waals surface area contributed by atoms with Gasteiger partial charge in [0, 0.05) is 19.5 Å². The summed E-state index contributed by atoms with van der Waals surface area (Å²) in [4.78, 5) is -0.797.